The van der Waals surface area contributed by atoms with Crippen LogP contribution in [0.5, 0.6) is 5.75 Å². The van der Waals surface area contributed by atoms with E-state index < -0.39 is 17.7 Å². The maximum absolute atomic E-state index is 12.3. The first-order valence-electron chi connectivity index (χ1n) is 7.97. The molecule has 0 unspecified atom stereocenters. The summed E-state index contributed by atoms with van der Waals surface area (Å²) in [5.74, 6) is -1.49. The van der Waals surface area contributed by atoms with Crippen LogP contribution in [0.1, 0.15) is 21.9 Å². The molecule has 0 radical (unpaired) electrons. The molecule has 0 aliphatic carbocycles. The zero-order chi connectivity index (χ0) is 19.4. The van der Waals surface area contributed by atoms with Gasteiger partial charge in [-0.3, -0.25) is 25.2 Å². The first kappa shape index (κ1) is 18.1. The molecule has 9 heteroatoms. The second-order valence-corrected chi connectivity index (χ2v) is 5.59. The highest BCUT2D eigenvalue weighted by molar-refractivity contribution is 6.35. The first-order chi connectivity index (χ1) is 13.0. The smallest absolute Gasteiger partial charge is 0.327 e. The maximum Gasteiger partial charge on any atom is 0.327 e. The van der Waals surface area contributed by atoms with E-state index in [0.29, 0.717) is 28.0 Å². The molecule has 0 aliphatic rings. The second-order valence-electron chi connectivity index (χ2n) is 5.59. The van der Waals surface area contributed by atoms with Crippen molar-refractivity contribution in [2.45, 2.75) is 13.5 Å². The lowest BCUT2D eigenvalue weighted by molar-refractivity contribution is -0.139. The molecule has 2 heterocycles. The summed E-state index contributed by atoms with van der Waals surface area (Å²) in [5, 5.41) is 3.07. The number of aryl methyl sites for hydroxylation is 1. The van der Waals surface area contributed by atoms with Crippen LogP contribution in [-0.2, 0) is 16.1 Å². The number of rotatable bonds is 4. The van der Waals surface area contributed by atoms with Crippen LogP contribution in [0.4, 0.5) is 0 Å². The Balaban J connectivity index is 1.60. The molecule has 0 saturated heterocycles. The Morgan fingerprint density at radius 3 is 2.63 bits per heavy atom. The van der Waals surface area contributed by atoms with Gasteiger partial charge in [-0.2, -0.15) is 0 Å². The van der Waals surface area contributed by atoms with Crippen molar-refractivity contribution in [3.8, 4) is 5.75 Å². The fourth-order valence-corrected chi connectivity index (χ4v) is 2.43. The van der Waals surface area contributed by atoms with Crippen molar-refractivity contribution in [3.05, 3.63) is 53.7 Å². The van der Waals surface area contributed by atoms with E-state index in [9.17, 15) is 14.4 Å². The third-order valence-corrected chi connectivity index (χ3v) is 3.85. The predicted octanol–water partition coefficient (Wildman–Crippen LogP) is 1.42. The monoisotopic (exact) mass is 371 g/mol. The van der Waals surface area contributed by atoms with Gasteiger partial charge in [-0.1, -0.05) is 0 Å². The number of hydrogen-bond donors (Lipinski definition) is 3. The number of hydrazine groups is 1. The zero-order valence-corrected chi connectivity index (χ0v) is 14.6. The molecule has 3 rings (SSSR count). The van der Waals surface area contributed by atoms with Crippen LogP contribution >= 0.6 is 0 Å². The number of carbonyl (C=O) groups excluding carboxylic acids is 3. The van der Waals surface area contributed by atoms with E-state index in [2.05, 4.69) is 10.7 Å². The third kappa shape index (κ3) is 3.92. The van der Waals surface area contributed by atoms with Crippen LogP contribution < -0.4 is 20.9 Å². The number of hydrogen-bond acceptors (Lipinski definition) is 6. The van der Waals surface area contributed by atoms with E-state index in [0.717, 1.165) is 0 Å². The van der Waals surface area contributed by atoms with Crippen molar-refractivity contribution in [1.82, 2.24) is 16.2 Å². The van der Waals surface area contributed by atoms with Crippen LogP contribution in [0, 0.1) is 6.92 Å². The lowest BCUT2D eigenvalue weighted by Crippen LogP contribution is -2.48. The highest BCUT2D eigenvalue weighted by Crippen LogP contribution is 2.28. The minimum absolute atomic E-state index is 0.0227. The van der Waals surface area contributed by atoms with Crippen molar-refractivity contribution in [1.29, 1.82) is 0 Å². The SMILES string of the molecule is COc1ccc2oc(C(=O)NNC(=O)C(=O)NCc3ccco3)c(C)c2c1. The number of carbonyl (C=O) groups is 3. The van der Waals surface area contributed by atoms with Gasteiger partial charge in [-0.25, -0.2) is 0 Å². The molecule has 0 bridgehead atoms. The van der Waals surface area contributed by atoms with E-state index in [1.54, 1.807) is 37.3 Å². The van der Waals surface area contributed by atoms with E-state index >= 15 is 0 Å². The van der Waals surface area contributed by atoms with Crippen LogP contribution in [0.25, 0.3) is 11.0 Å². The first-order valence-corrected chi connectivity index (χ1v) is 7.97. The number of methoxy groups -OCH3 is 1. The molecule has 0 fully saturated rings. The van der Waals surface area contributed by atoms with Crippen LogP contribution in [0.15, 0.2) is 45.4 Å². The van der Waals surface area contributed by atoms with Crippen molar-refractivity contribution < 1.29 is 28.0 Å². The fourth-order valence-electron chi connectivity index (χ4n) is 2.43. The van der Waals surface area contributed by atoms with Crippen LogP contribution in [-0.4, -0.2) is 24.8 Å². The number of fused-ring (bicyclic) bond motifs is 1. The summed E-state index contributed by atoms with van der Waals surface area (Å²) in [7, 11) is 1.54. The maximum atomic E-state index is 12.3. The van der Waals surface area contributed by atoms with Gasteiger partial charge in [0, 0.05) is 10.9 Å². The van der Waals surface area contributed by atoms with Gasteiger partial charge in [-0.05, 0) is 37.3 Å². The second kappa shape index (κ2) is 7.65. The van der Waals surface area contributed by atoms with Gasteiger partial charge in [0.25, 0.3) is 0 Å². The van der Waals surface area contributed by atoms with E-state index in [1.807, 2.05) is 5.43 Å². The summed E-state index contributed by atoms with van der Waals surface area (Å²) in [6.07, 6.45) is 1.45. The van der Waals surface area contributed by atoms with Crippen molar-refractivity contribution in [2.75, 3.05) is 7.11 Å². The van der Waals surface area contributed by atoms with Gasteiger partial charge in [0.15, 0.2) is 5.76 Å². The zero-order valence-electron chi connectivity index (χ0n) is 14.6. The Hall–Kier alpha value is -3.75. The van der Waals surface area contributed by atoms with Gasteiger partial charge in [-0.15, -0.1) is 0 Å². The summed E-state index contributed by atoms with van der Waals surface area (Å²) in [6, 6.07) is 8.44. The average Bonchev–Trinajstić information content (AvgIpc) is 3.31. The molecule has 1 aromatic carbocycles. The lowest BCUT2D eigenvalue weighted by Gasteiger charge is -2.06. The molecule has 0 saturated carbocycles. The topological polar surface area (TPSA) is 123 Å². The van der Waals surface area contributed by atoms with Crippen molar-refractivity contribution in [2.24, 2.45) is 0 Å². The summed E-state index contributed by atoms with van der Waals surface area (Å²) >= 11 is 0. The van der Waals surface area contributed by atoms with E-state index in [-0.39, 0.29) is 12.3 Å². The summed E-state index contributed by atoms with van der Waals surface area (Å²) < 4.78 is 15.7. The molecule has 0 spiro atoms. The lowest BCUT2D eigenvalue weighted by atomic mass is 10.1. The number of furan rings is 2. The quantitative estimate of drug-likeness (QED) is 0.471. The van der Waals surface area contributed by atoms with Gasteiger partial charge < -0.3 is 18.9 Å². The minimum atomic E-state index is -1.02. The Kier molecular flexibility index (Phi) is 5.11. The molecule has 140 valence electrons. The Morgan fingerprint density at radius 2 is 1.93 bits per heavy atom. The van der Waals surface area contributed by atoms with Gasteiger partial charge in [0.05, 0.1) is 19.9 Å². The standard InChI is InChI=1S/C18H17N3O6/c1-10-13-8-11(25-2)5-6-14(13)27-15(10)16(22)20-21-18(24)17(23)19-9-12-4-3-7-26-12/h3-8H,9H2,1-2H3,(H,19,23)(H,20,22)(H,21,24). The molecular weight excluding hydrogens is 354 g/mol. The summed E-state index contributed by atoms with van der Waals surface area (Å²) in [5.41, 5.74) is 5.28. The molecule has 0 aliphatic heterocycles. The minimum Gasteiger partial charge on any atom is -0.497 e. The Bertz CT molecular complexity index is 990. The van der Waals surface area contributed by atoms with Gasteiger partial charge in [0.1, 0.15) is 17.1 Å². The number of nitrogens with one attached hydrogen (secondary N) is 3. The Morgan fingerprint density at radius 1 is 1.11 bits per heavy atom. The van der Waals surface area contributed by atoms with Crippen molar-refractivity contribution >= 4 is 28.7 Å². The number of benzene rings is 1. The predicted molar refractivity (Wildman–Crippen MR) is 93.7 cm³/mol. The number of ether oxygens (including phenoxy) is 1. The molecule has 0 atom stereocenters. The highest BCUT2D eigenvalue weighted by Gasteiger charge is 2.20. The summed E-state index contributed by atoms with van der Waals surface area (Å²) in [6.45, 7) is 1.76. The molecule has 9 nitrogen and oxygen atoms in total. The Labute approximate surface area is 153 Å². The highest BCUT2D eigenvalue weighted by atomic mass is 16.5. The number of amides is 3. The third-order valence-electron chi connectivity index (χ3n) is 3.85. The van der Waals surface area contributed by atoms with E-state index in [1.165, 1.54) is 13.4 Å². The molecule has 2 aromatic heterocycles. The fraction of sp³-hybridized carbons (Fsp3) is 0.167. The molecule has 27 heavy (non-hydrogen) atoms. The normalized spacial score (nSPS) is 10.4. The molecule has 3 amide bonds. The molecule has 3 aromatic rings. The average molecular weight is 371 g/mol. The van der Waals surface area contributed by atoms with Crippen molar-refractivity contribution in [3.63, 3.8) is 0 Å². The van der Waals surface area contributed by atoms with E-state index in [4.69, 9.17) is 13.6 Å². The summed E-state index contributed by atoms with van der Waals surface area (Å²) in [4.78, 5) is 35.7. The molecule has 3 N–H and O–H groups in total. The molecular formula is C18H17N3O6. The van der Waals surface area contributed by atoms with Crippen LogP contribution in [0.3, 0.4) is 0 Å². The van der Waals surface area contributed by atoms with Gasteiger partial charge >= 0.3 is 17.7 Å². The van der Waals surface area contributed by atoms with Crippen LogP contribution in [0.2, 0.25) is 0 Å². The van der Waals surface area contributed by atoms with Gasteiger partial charge in [0.2, 0.25) is 0 Å². The largest absolute Gasteiger partial charge is 0.497 e.